The average molecular weight is 502 g/mol. The Morgan fingerprint density at radius 1 is 1.14 bits per heavy atom. The van der Waals surface area contributed by atoms with E-state index in [2.05, 4.69) is 5.32 Å². The Morgan fingerprint density at radius 3 is 2.31 bits per heavy atom. The summed E-state index contributed by atoms with van der Waals surface area (Å²) in [4.78, 5) is 41.8. The molecule has 0 unspecified atom stereocenters. The number of hydrogen-bond acceptors (Lipinski definition) is 10. The molecule has 1 fully saturated rings. The number of carbonyl (C=O) groups excluding carboxylic acids is 3. The largest absolute Gasteiger partial charge is 0.508 e. The second kappa shape index (κ2) is 8.13. The Hall–Kier alpha value is -3.25. The predicted octanol–water partition coefficient (Wildman–Crippen LogP) is -0.178. The lowest BCUT2D eigenvalue weighted by Crippen LogP contribution is -2.71. The number of ketones is 2. The molecule has 8 N–H and O–H groups in total. The molecule has 6 atom stereocenters. The van der Waals surface area contributed by atoms with Gasteiger partial charge in [-0.2, -0.15) is 0 Å². The molecule has 3 aliphatic carbocycles. The van der Waals surface area contributed by atoms with E-state index in [0.29, 0.717) is 0 Å². The highest BCUT2D eigenvalue weighted by Crippen LogP contribution is 2.54. The van der Waals surface area contributed by atoms with E-state index in [1.807, 2.05) is 0 Å². The fraction of sp³-hybridized carbons (Fsp3) is 0.480. The number of nitrogens with zero attached hydrogens (tertiary/aromatic N) is 1. The van der Waals surface area contributed by atoms with Crippen molar-refractivity contribution in [2.75, 3.05) is 14.1 Å². The van der Waals surface area contributed by atoms with E-state index in [9.17, 15) is 39.9 Å². The summed E-state index contributed by atoms with van der Waals surface area (Å²) in [5.74, 6) is -8.31. The van der Waals surface area contributed by atoms with Crippen LogP contribution in [0.5, 0.6) is 5.75 Å². The summed E-state index contributed by atoms with van der Waals surface area (Å²) >= 11 is 0. The highest BCUT2D eigenvalue weighted by Gasteiger charge is 2.68. The first kappa shape index (κ1) is 25.8. The number of phenolic OH excluding ortho intramolecular Hbond substituents is 1. The average Bonchev–Trinajstić information content (AvgIpc) is 2.75. The summed E-state index contributed by atoms with van der Waals surface area (Å²) in [6, 6.07) is 1.79. The van der Waals surface area contributed by atoms with Gasteiger partial charge >= 0.3 is 0 Å². The van der Waals surface area contributed by atoms with Gasteiger partial charge in [0.1, 0.15) is 22.8 Å². The van der Waals surface area contributed by atoms with E-state index in [-0.39, 0.29) is 16.9 Å². The molecule has 0 radical (unpaired) electrons. The van der Waals surface area contributed by atoms with Crippen LogP contribution in [0.15, 0.2) is 35.1 Å². The molecule has 1 amide bonds. The van der Waals surface area contributed by atoms with Crippen LogP contribution >= 0.6 is 0 Å². The van der Waals surface area contributed by atoms with Crippen LogP contribution in [0.3, 0.4) is 0 Å². The quantitative estimate of drug-likeness (QED) is 0.267. The maximum atomic E-state index is 13.9. The Morgan fingerprint density at radius 2 is 1.75 bits per heavy atom. The minimum atomic E-state index is -2.94. The summed E-state index contributed by atoms with van der Waals surface area (Å²) in [5, 5.41) is 58.4. The van der Waals surface area contributed by atoms with Crippen LogP contribution in [-0.4, -0.2) is 85.3 Å². The minimum absolute atomic E-state index is 0.135. The fourth-order valence-corrected chi connectivity index (χ4v) is 5.71. The van der Waals surface area contributed by atoms with Crippen LogP contribution < -0.4 is 11.1 Å². The normalized spacial score (nSPS) is 32.3. The predicted molar refractivity (Wildman–Crippen MR) is 128 cm³/mol. The minimum Gasteiger partial charge on any atom is -0.508 e. The van der Waals surface area contributed by atoms with Crippen molar-refractivity contribution in [2.45, 2.75) is 50.1 Å². The van der Waals surface area contributed by atoms with Gasteiger partial charge in [-0.15, -0.1) is 0 Å². The van der Waals surface area contributed by atoms with Crippen LogP contribution in [-0.2, 0) is 14.4 Å². The maximum Gasteiger partial charge on any atom is 0.258 e. The van der Waals surface area contributed by atoms with Gasteiger partial charge in [0.05, 0.1) is 23.6 Å². The topological polar surface area (TPSA) is 194 Å². The van der Waals surface area contributed by atoms with Gasteiger partial charge in [-0.05, 0) is 46.5 Å². The lowest BCUT2D eigenvalue weighted by molar-refractivity contribution is -0.169. The van der Waals surface area contributed by atoms with Gasteiger partial charge in [0.25, 0.3) is 5.91 Å². The van der Waals surface area contributed by atoms with Crippen molar-refractivity contribution in [1.29, 1.82) is 0 Å². The number of benzene rings is 1. The summed E-state index contributed by atoms with van der Waals surface area (Å²) in [6.07, 6.45) is -1.71. The molecule has 194 valence electrons. The first-order valence-electron chi connectivity index (χ1n) is 11.5. The number of rotatable bonds is 2. The van der Waals surface area contributed by atoms with Gasteiger partial charge in [0.15, 0.2) is 11.4 Å². The van der Waals surface area contributed by atoms with E-state index in [1.165, 1.54) is 37.2 Å². The number of likely N-dealkylation sites (N-methyl/N-ethyl adjacent to an activating group) is 1. The molecule has 0 heterocycles. The Bertz CT molecular complexity index is 1240. The summed E-state index contributed by atoms with van der Waals surface area (Å²) in [5.41, 5.74) is 1.44. The zero-order valence-corrected chi connectivity index (χ0v) is 20.6. The Balaban J connectivity index is 2.02. The van der Waals surface area contributed by atoms with E-state index >= 15 is 0 Å². The van der Waals surface area contributed by atoms with Crippen molar-refractivity contribution in [1.82, 2.24) is 10.2 Å². The van der Waals surface area contributed by atoms with E-state index in [1.54, 1.807) is 20.8 Å². The summed E-state index contributed by atoms with van der Waals surface area (Å²) in [7, 11) is 2.94. The number of carbonyl (C=O) groups is 3. The first-order valence-corrected chi connectivity index (χ1v) is 11.5. The number of amides is 1. The zero-order valence-electron chi connectivity index (χ0n) is 20.6. The summed E-state index contributed by atoms with van der Waals surface area (Å²) < 4.78 is 0. The van der Waals surface area contributed by atoms with E-state index in [4.69, 9.17) is 5.73 Å². The standard InChI is InChI=1S/C25H31N3O8/c1-24(2,3)27-23(35)14-20(32)17(28(4)5)15-19(31)12-13(21(33)25(15,36)22(14)34)18(30)11-9(16(12)26)7-6-8-10(11)29/h6-8,12,15-17,19,29-31,34,36H,26H2,1-5H3,(H,27,35)/t12-,15+,16-,17-,19-,25-/m0/s1. The van der Waals surface area contributed by atoms with E-state index < -0.39 is 81.3 Å². The second-order valence-electron chi connectivity index (χ2n) is 10.9. The van der Waals surface area contributed by atoms with Gasteiger partial charge in [0, 0.05) is 23.1 Å². The zero-order chi connectivity index (χ0) is 27.1. The van der Waals surface area contributed by atoms with Crippen LogP contribution in [0.25, 0.3) is 5.76 Å². The molecule has 0 saturated heterocycles. The number of aliphatic hydroxyl groups excluding tert-OH is 3. The lowest BCUT2D eigenvalue weighted by atomic mass is 9.55. The SMILES string of the molecule is CN(C)[C@@H]1C(=O)C(C(=O)NC(C)(C)C)=C(O)[C@@]2(O)C(=O)C3=C(O)c4c(O)cccc4[C@H](N)[C@H]3[C@H](O)[C@@H]12. The Kier molecular flexibility index (Phi) is 5.84. The number of nitrogens with two attached hydrogens (primary N) is 1. The summed E-state index contributed by atoms with van der Waals surface area (Å²) in [6.45, 7) is 4.94. The van der Waals surface area contributed by atoms with Crippen molar-refractivity contribution in [3.05, 3.63) is 46.2 Å². The smallest absolute Gasteiger partial charge is 0.258 e. The number of fused-ring (bicyclic) bond motifs is 3. The molecule has 0 aromatic heterocycles. The molecule has 4 rings (SSSR count). The number of nitrogens with one attached hydrogen (secondary N) is 1. The number of hydrogen-bond donors (Lipinski definition) is 7. The molecule has 3 aliphatic rings. The maximum absolute atomic E-state index is 13.9. The van der Waals surface area contributed by atoms with Gasteiger partial charge in [-0.25, -0.2) is 0 Å². The molecule has 1 aromatic carbocycles. The monoisotopic (exact) mass is 501 g/mol. The van der Waals surface area contributed by atoms with Crippen LogP contribution in [0, 0.1) is 11.8 Å². The van der Waals surface area contributed by atoms with E-state index in [0.717, 1.165) is 0 Å². The number of Topliss-reactive ketones (excluding diaryl/α,β-unsaturated/α-hetero) is 2. The highest BCUT2D eigenvalue weighted by molar-refractivity contribution is 6.25. The van der Waals surface area contributed by atoms with Gasteiger partial charge in [-0.1, -0.05) is 12.1 Å². The molecule has 36 heavy (non-hydrogen) atoms. The van der Waals surface area contributed by atoms with Gasteiger partial charge < -0.3 is 36.6 Å². The third-order valence-electron chi connectivity index (χ3n) is 7.18. The van der Waals surface area contributed by atoms with Crippen molar-refractivity contribution < 1.29 is 39.9 Å². The lowest BCUT2D eigenvalue weighted by Gasteiger charge is -2.53. The van der Waals surface area contributed by atoms with Crippen LogP contribution in [0.2, 0.25) is 0 Å². The van der Waals surface area contributed by atoms with Crippen molar-refractivity contribution in [3.8, 4) is 5.75 Å². The van der Waals surface area contributed by atoms with Crippen LogP contribution in [0.1, 0.15) is 37.9 Å². The number of phenols is 1. The molecule has 0 bridgehead atoms. The molecule has 1 saturated carbocycles. The third kappa shape index (κ3) is 3.38. The number of aromatic hydroxyl groups is 1. The first-order chi connectivity index (χ1) is 16.6. The van der Waals surface area contributed by atoms with Gasteiger partial charge in [-0.3, -0.25) is 19.3 Å². The molecule has 11 nitrogen and oxygen atoms in total. The second-order valence-corrected chi connectivity index (χ2v) is 10.9. The molecule has 0 aliphatic heterocycles. The fourth-order valence-electron chi connectivity index (χ4n) is 5.71. The molecule has 0 spiro atoms. The van der Waals surface area contributed by atoms with Crippen molar-refractivity contribution in [2.24, 2.45) is 17.6 Å². The highest BCUT2D eigenvalue weighted by atomic mass is 16.4. The van der Waals surface area contributed by atoms with Crippen molar-refractivity contribution in [3.63, 3.8) is 0 Å². The Labute approximate surface area is 207 Å². The molecular weight excluding hydrogens is 470 g/mol. The molecular formula is C25H31N3O8. The molecule has 1 aromatic rings. The third-order valence-corrected chi connectivity index (χ3v) is 7.18. The van der Waals surface area contributed by atoms with Crippen LogP contribution in [0.4, 0.5) is 0 Å². The number of aliphatic hydroxyl groups is 4. The van der Waals surface area contributed by atoms with Gasteiger partial charge in [0.2, 0.25) is 5.78 Å². The van der Waals surface area contributed by atoms with Crippen molar-refractivity contribution >= 4 is 23.2 Å². The molecule has 11 heteroatoms.